The maximum absolute atomic E-state index is 3.74. The molecule has 1 N–H and O–H groups in total. The van der Waals surface area contributed by atoms with Crippen molar-refractivity contribution in [2.24, 2.45) is 11.3 Å². The first-order valence-corrected chi connectivity index (χ1v) is 7.44. The Labute approximate surface area is 107 Å². The fraction of sp³-hybridized carbons (Fsp3) is 1.00. The van der Waals surface area contributed by atoms with Crippen molar-refractivity contribution in [2.45, 2.75) is 65.5 Å². The van der Waals surface area contributed by atoms with Gasteiger partial charge in [0, 0.05) is 18.6 Å². The Bertz CT molecular complexity index is 244. The number of nitrogens with one attached hydrogen (secondary N) is 1. The molecule has 2 fully saturated rings. The van der Waals surface area contributed by atoms with E-state index in [1.807, 2.05) is 0 Å². The van der Waals surface area contributed by atoms with Gasteiger partial charge < -0.3 is 5.32 Å². The summed E-state index contributed by atoms with van der Waals surface area (Å²) < 4.78 is 0. The Kier molecular flexibility index (Phi) is 4.14. The maximum atomic E-state index is 3.74. The molecule has 0 amide bonds. The zero-order chi connectivity index (χ0) is 12.5. The molecule has 3 unspecified atom stereocenters. The first-order valence-electron chi connectivity index (χ1n) is 7.44. The lowest BCUT2D eigenvalue weighted by molar-refractivity contribution is 0.153. The van der Waals surface area contributed by atoms with Gasteiger partial charge in [-0.2, -0.15) is 0 Å². The molecule has 0 spiro atoms. The summed E-state index contributed by atoms with van der Waals surface area (Å²) in [7, 11) is 0. The third-order valence-corrected chi connectivity index (χ3v) is 4.66. The average Bonchev–Trinajstić information content (AvgIpc) is 2.53. The monoisotopic (exact) mass is 238 g/mol. The second-order valence-electron chi connectivity index (χ2n) is 7.29. The minimum Gasteiger partial charge on any atom is -0.312 e. The van der Waals surface area contributed by atoms with Crippen molar-refractivity contribution in [1.29, 1.82) is 0 Å². The van der Waals surface area contributed by atoms with Crippen LogP contribution in [0.3, 0.4) is 0 Å². The first-order chi connectivity index (χ1) is 7.97. The molecule has 1 saturated carbocycles. The Balaban J connectivity index is 1.97. The highest BCUT2D eigenvalue weighted by Crippen LogP contribution is 2.31. The topological polar surface area (TPSA) is 15.3 Å². The van der Waals surface area contributed by atoms with Gasteiger partial charge in [-0.15, -0.1) is 0 Å². The summed E-state index contributed by atoms with van der Waals surface area (Å²) in [5.41, 5.74) is 0.382. The molecule has 0 bridgehead atoms. The minimum absolute atomic E-state index is 0.382. The van der Waals surface area contributed by atoms with Crippen LogP contribution in [0.1, 0.15) is 53.4 Å². The smallest absolute Gasteiger partial charge is 0.0243 e. The molecule has 2 nitrogen and oxygen atoms in total. The lowest BCUT2D eigenvalue weighted by Gasteiger charge is -2.36. The molecule has 0 aromatic rings. The molecule has 1 aliphatic carbocycles. The van der Waals surface area contributed by atoms with Crippen LogP contribution in [-0.2, 0) is 0 Å². The second-order valence-corrected chi connectivity index (χ2v) is 7.29. The van der Waals surface area contributed by atoms with E-state index in [0.29, 0.717) is 11.5 Å². The van der Waals surface area contributed by atoms with E-state index in [-0.39, 0.29) is 0 Å². The standard InChI is InChI=1S/C15H30N2/c1-12-6-7-13(10-12)17-9-5-8-16-14(11-17)15(2,3)4/h12-14,16H,5-11H2,1-4H3. The molecule has 2 aliphatic rings. The van der Waals surface area contributed by atoms with Crippen LogP contribution in [-0.4, -0.2) is 36.6 Å². The number of hydrogen-bond donors (Lipinski definition) is 1. The first kappa shape index (κ1) is 13.4. The second kappa shape index (κ2) is 5.27. The van der Waals surface area contributed by atoms with E-state index in [2.05, 4.69) is 37.9 Å². The van der Waals surface area contributed by atoms with E-state index < -0.39 is 0 Å². The van der Waals surface area contributed by atoms with Gasteiger partial charge in [-0.25, -0.2) is 0 Å². The lowest BCUT2D eigenvalue weighted by atomic mass is 9.86. The molecule has 2 rings (SSSR count). The SMILES string of the molecule is CC1CCC(N2CCCNC(C(C)(C)C)C2)C1. The zero-order valence-corrected chi connectivity index (χ0v) is 12.1. The van der Waals surface area contributed by atoms with Crippen molar-refractivity contribution in [3.05, 3.63) is 0 Å². The Hall–Kier alpha value is -0.0800. The van der Waals surface area contributed by atoms with Crippen LogP contribution in [0, 0.1) is 11.3 Å². The Morgan fingerprint density at radius 3 is 2.53 bits per heavy atom. The maximum Gasteiger partial charge on any atom is 0.0243 e. The molecule has 0 aromatic carbocycles. The zero-order valence-electron chi connectivity index (χ0n) is 12.1. The molecule has 17 heavy (non-hydrogen) atoms. The van der Waals surface area contributed by atoms with Crippen molar-refractivity contribution in [2.75, 3.05) is 19.6 Å². The van der Waals surface area contributed by atoms with Crippen LogP contribution in [0.25, 0.3) is 0 Å². The van der Waals surface area contributed by atoms with Gasteiger partial charge in [-0.05, 0) is 50.1 Å². The van der Waals surface area contributed by atoms with E-state index in [0.717, 1.165) is 12.0 Å². The van der Waals surface area contributed by atoms with Gasteiger partial charge in [0.25, 0.3) is 0 Å². The highest BCUT2D eigenvalue weighted by Gasteiger charge is 2.33. The van der Waals surface area contributed by atoms with Crippen LogP contribution in [0.5, 0.6) is 0 Å². The van der Waals surface area contributed by atoms with E-state index in [4.69, 9.17) is 0 Å². The molecule has 1 heterocycles. The number of hydrogen-bond acceptors (Lipinski definition) is 2. The highest BCUT2D eigenvalue weighted by molar-refractivity contribution is 4.90. The Morgan fingerprint density at radius 1 is 1.18 bits per heavy atom. The fourth-order valence-electron chi connectivity index (χ4n) is 3.37. The van der Waals surface area contributed by atoms with Crippen molar-refractivity contribution < 1.29 is 0 Å². The minimum atomic E-state index is 0.382. The van der Waals surface area contributed by atoms with E-state index in [9.17, 15) is 0 Å². The van der Waals surface area contributed by atoms with Crippen molar-refractivity contribution in [3.8, 4) is 0 Å². The van der Waals surface area contributed by atoms with Crippen LogP contribution in [0.4, 0.5) is 0 Å². The summed E-state index contributed by atoms with van der Waals surface area (Å²) in [6, 6.07) is 1.52. The van der Waals surface area contributed by atoms with Gasteiger partial charge in [0.05, 0.1) is 0 Å². The average molecular weight is 238 g/mol. The molecule has 0 aromatic heterocycles. The third-order valence-electron chi connectivity index (χ3n) is 4.66. The van der Waals surface area contributed by atoms with E-state index >= 15 is 0 Å². The summed E-state index contributed by atoms with van der Waals surface area (Å²) in [4.78, 5) is 2.78. The van der Waals surface area contributed by atoms with E-state index in [1.54, 1.807) is 0 Å². The number of rotatable bonds is 1. The quantitative estimate of drug-likeness (QED) is 0.755. The molecule has 100 valence electrons. The lowest BCUT2D eigenvalue weighted by Crippen LogP contribution is -2.48. The molecular weight excluding hydrogens is 208 g/mol. The summed E-state index contributed by atoms with van der Waals surface area (Å²) >= 11 is 0. The molecule has 2 heteroatoms. The number of nitrogens with zero attached hydrogens (tertiary/aromatic N) is 1. The molecule has 1 saturated heterocycles. The summed E-state index contributed by atoms with van der Waals surface area (Å²) in [6.45, 7) is 13.3. The van der Waals surface area contributed by atoms with Crippen LogP contribution in [0.2, 0.25) is 0 Å². The van der Waals surface area contributed by atoms with Crippen LogP contribution < -0.4 is 5.32 Å². The van der Waals surface area contributed by atoms with Gasteiger partial charge in [0.1, 0.15) is 0 Å². The fourth-order valence-corrected chi connectivity index (χ4v) is 3.37. The van der Waals surface area contributed by atoms with Gasteiger partial charge in [0.15, 0.2) is 0 Å². The van der Waals surface area contributed by atoms with Gasteiger partial charge in [0.2, 0.25) is 0 Å². The van der Waals surface area contributed by atoms with Crippen molar-refractivity contribution >= 4 is 0 Å². The molecular formula is C15H30N2. The molecule has 3 atom stereocenters. The largest absolute Gasteiger partial charge is 0.312 e. The summed E-state index contributed by atoms with van der Waals surface area (Å²) in [5.74, 6) is 0.948. The van der Waals surface area contributed by atoms with Gasteiger partial charge in [-0.3, -0.25) is 4.90 Å². The third kappa shape index (κ3) is 3.45. The highest BCUT2D eigenvalue weighted by atomic mass is 15.2. The van der Waals surface area contributed by atoms with Crippen molar-refractivity contribution in [1.82, 2.24) is 10.2 Å². The predicted molar refractivity (Wildman–Crippen MR) is 74.2 cm³/mol. The van der Waals surface area contributed by atoms with Crippen LogP contribution in [0.15, 0.2) is 0 Å². The Morgan fingerprint density at radius 2 is 1.94 bits per heavy atom. The van der Waals surface area contributed by atoms with E-state index in [1.165, 1.54) is 45.3 Å². The van der Waals surface area contributed by atoms with Gasteiger partial charge in [-0.1, -0.05) is 27.7 Å². The predicted octanol–water partition coefficient (Wildman–Crippen LogP) is 2.89. The van der Waals surface area contributed by atoms with Gasteiger partial charge >= 0.3 is 0 Å². The van der Waals surface area contributed by atoms with Crippen LogP contribution >= 0.6 is 0 Å². The van der Waals surface area contributed by atoms with Crippen molar-refractivity contribution in [3.63, 3.8) is 0 Å². The normalized spacial score (nSPS) is 37.1. The molecule has 1 aliphatic heterocycles. The summed E-state index contributed by atoms with van der Waals surface area (Å²) in [6.07, 6.45) is 5.61. The molecule has 0 radical (unpaired) electrons. The summed E-state index contributed by atoms with van der Waals surface area (Å²) in [5, 5.41) is 3.74.